The summed E-state index contributed by atoms with van der Waals surface area (Å²) in [5.41, 5.74) is 8.53. The number of anilines is 1. The van der Waals surface area contributed by atoms with Crippen molar-refractivity contribution >= 4 is 11.5 Å². The molecule has 0 aliphatic heterocycles. The van der Waals surface area contributed by atoms with Crippen LogP contribution in [0.15, 0.2) is 73.1 Å². The fraction of sp³-hybridized carbons (Fsp3) is 0.182. The first-order chi connectivity index (χ1) is 13.5. The van der Waals surface area contributed by atoms with Gasteiger partial charge < -0.3 is 15.8 Å². The van der Waals surface area contributed by atoms with E-state index in [9.17, 15) is 0 Å². The molecular formula is C22H23N5O. The summed E-state index contributed by atoms with van der Waals surface area (Å²) in [4.78, 5) is 4.51. The Balaban J connectivity index is 1.59. The summed E-state index contributed by atoms with van der Waals surface area (Å²) in [5, 5.41) is 7.85. The van der Waals surface area contributed by atoms with Gasteiger partial charge in [-0.25, -0.2) is 4.98 Å². The summed E-state index contributed by atoms with van der Waals surface area (Å²) in [6.45, 7) is 4.59. The van der Waals surface area contributed by atoms with Gasteiger partial charge in [0.2, 0.25) is 0 Å². The van der Waals surface area contributed by atoms with Crippen LogP contribution in [0.4, 0.5) is 5.82 Å². The van der Waals surface area contributed by atoms with Crippen molar-refractivity contribution in [1.82, 2.24) is 14.6 Å². The minimum absolute atomic E-state index is 0.319. The van der Waals surface area contributed by atoms with Crippen LogP contribution in [0.2, 0.25) is 0 Å². The van der Waals surface area contributed by atoms with Gasteiger partial charge in [-0.1, -0.05) is 30.3 Å². The molecule has 0 unspecified atom stereocenters. The molecule has 28 heavy (non-hydrogen) atoms. The molecule has 2 aromatic heterocycles. The molecule has 0 spiro atoms. The molecule has 0 aliphatic rings. The van der Waals surface area contributed by atoms with Crippen LogP contribution >= 0.6 is 0 Å². The topological polar surface area (TPSA) is 77.5 Å². The molecule has 6 heteroatoms. The van der Waals surface area contributed by atoms with E-state index < -0.39 is 0 Å². The van der Waals surface area contributed by atoms with Crippen molar-refractivity contribution in [3.05, 3.63) is 73.1 Å². The van der Waals surface area contributed by atoms with E-state index in [-0.39, 0.29) is 5.54 Å². The van der Waals surface area contributed by atoms with E-state index in [1.54, 1.807) is 10.7 Å². The van der Waals surface area contributed by atoms with Crippen LogP contribution in [0.3, 0.4) is 0 Å². The van der Waals surface area contributed by atoms with Crippen molar-refractivity contribution in [2.45, 2.75) is 19.4 Å². The summed E-state index contributed by atoms with van der Waals surface area (Å²) in [6.07, 6.45) is 3.60. The maximum atomic E-state index is 6.07. The number of nitrogens with one attached hydrogen (secondary N) is 1. The SMILES string of the molecule is CC(C)(N)CNc1ccnc2c(-c3ccc(Oc4ccccc4)cc3)cnn12. The number of hydrogen-bond donors (Lipinski definition) is 2. The van der Waals surface area contributed by atoms with Gasteiger partial charge in [-0.15, -0.1) is 0 Å². The van der Waals surface area contributed by atoms with Crippen LogP contribution in [0.5, 0.6) is 11.5 Å². The lowest BCUT2D eigenvalue weighted by molar-refractivity contribution is 0.483. The smallest absolute Gasteiger partial charge is 0.165 e. The summed E-state index contributed by atoms with van der Waals surface area (Å²) >= 11 is 0. The molecule has 0 fully saturated rings. The van der Waals surface area contributed by atoms with Crippen LogP contribution in [-0.4, -0.2) is 26.7 Å². The molecule has 4 aromatic rings. The third kappa shape index (κ3) is 3.97. The molecule has 2 aromatic carbocycles. The van der Waals surface area contributed by atoms with Gasteiger partial charge in [0.25, 0.3) is 0 Å². The molecule has 0 aliphatic carbocycles. The van der Waals surface area contributed by atoms with Gasteiger partial charge in [0.15, 0.2) is 5.65 Å². The quantitative estimate of drug-likeness (QED) is 0.526. The summed E-state index contributed by atoms with van der Waals surface area (Å²) in [7, 11) is 0. The molecule has 3 N–H and O–H groups in total. The van der Waals surface area contributed by atoms with Gasteiger partial charge in [0, 0.05) is 23.8 Å². The number of fused-ring (bicyclic) bond motifs is 1. The third-order valence-corrected chi connectivity index (χ3v) is 4.27. The molecule has 0 saturated carbocycles. The highest BCUT2D eigenvalue weighted by Gasteiger charge is 2.14. The van der Waals surface area contributed by atoms with Crippen LogP contribution in [0, 0.1) is 0 Å². The highest BCUT2D eigenvalue weighted by molar-refractivity contribution is 5.78. The predicted molar refractivity (Wildman–Crippen MR) is 112 cm³/mol. The maximum absolute atomic E-state index is 6.07. The highest BCUT2D eigenvalue weighted by atomic mass is 16.5. The lowest BCUT2D eigenvalue weighted by atomic mass is 10.1. The van der Waals surface area contributed by atoms with E-state index in [0.717, 1.165) is 34.1 Å². The lowest BCUT2D eigenvalue weighted by Gasteiger charge is -2.19. The molecule has 0 bridgehead atoms. The Morgan fingerprint density at radius 1 is 1.00 bits per heavy atom. The van der Waals surface area contributed by atoms with Crippen molar-refractivity contribution < 1.29 is 4.74 Å². The average molecular weight is 373 g/mol. The number of aromatic nitrogens is 3. The Kier molecular flexibility index (Phi) is 4.71. The molecule has 0 atom stereocenters. The number of nitrogens with zero attached hydrogens (tertiary/aromatic N) is 3. The highest BCUT2D eigenvalue weighted by Crippen LogP contribution is 2.28. The molecule has 0 radical (unpaired) electrons. The van der Waals surface area contributed by atoms with Gasteiger partial charge in [0.05, 0.1) is 6.20 Å². The molecule has 4 rings (SSSR count). The second-order valence-corrected chi connectivity index (χ2v) is 7.41. The molecule has 142 valence electrons. The Hall–Kier alpha value is -3.38. The standard InChI is InChI=1S/C22H23N5O/c1-22(2,23)15-25-20-12-13-24-21-19(14-26-27(20)21)16-8-10-18(11-9-16)28-17-6-4-3-5-7-17/h3-14,25H,15,23H2,1-2H3. The van der Waals surface area contributed by atoms with Crippen LogP contribution in [0.25, 0.3) is 16.8 Å². The van der Waals surface area contributed by atoms with E-state index >= 15 is 0 Å². The van der Waals surface area contributed by atoms with Crippen molar-refractivity contribution in [1.29, 1.82) is 0 Å². The fourth-order valence-electron chi connectivity index (χ4n) is 2.87. The van der Waals surface area contributed by atoms with Crippen molar-refractivity contribution in [3.63, 3.8) is 0 Å². The number of nitrogens with two attached hydrogens (primary N) is 1. The van der Waals surface area contributed by atoms with E-state index in [0.29, 0.717) is 6.54 Å². The third-order valence-electron chi connectivity index (χ3n) is 4.27. The number of rotatable bonds is 6. The maximum Gasteiger partial charge on any atom is 0.165 e. The number of para-hydroxylation sites is 1. The van der Waals surface area contributed by atoms with Gasteiger partial charge in [-0.2, -0.15) is 9.61 Å². The fourth-order valence-corrected chi connectivity index (χ4v) is 2.87. The number of ether oxygens (including phenoxy) is 1. The molecule has 6 nitrogen and oxygen atoms in total. The largest absolute Gasteiger partial charge is 0.457 e. The van der Waals surface area contributed by atoms with Crippen LogP contribution in [0.1, 0.15) is 13.8 Å². The molecule has 0 saturated heterocycles. The number of benzene rings is 2. The van der Waals surface area contributed by atoms with Gasteiger partial charge in [-0.3, -0.25) is 0 Å². The minimum Gasteiger partial charge on any atom is -0.457 e. The Labute approximate surface area is 164 Å². The first-order valence-electron chi connectivity index (χ1n) is 9.18. The first-order valence-corrected chi connectivity index (χ1v) is 9.18. The zero-order valence-corrected chi connectivity index (χ0v) is 16.0. The normalized spacial score (nSPS) is 11.5. The Bertz CT molecular complexity index is 1070. The van der Waals surface area contributed by atoms with Gasteiger partial charge >= 0.3 is 0 Å². The Morgan fingerprint density at radius 3 is 2.43 bits per heavy atom. The summed E-state index contributed by atoms with van der Waals surface area (Å²) in [5.74, 6) is 2.46. The number of hydrogen-bond acceptors (Lipinski definition) is 5. The van der Waals surface area contributed by atoms with E-state index in [4.69, 9.17) is 10.5 Å². The predicted octanol–water partition coefficient (Wildman–Crippen LogP) is 4.34. The van der Waals surface area contributed by atoms with Crippen LogP contribution in [-0.2, 0) is 0 Å². The summed E-state index contributed by atoms with van der Waals surface area (Å²) in [6, 6.07) is 19.5. The first kappa shape index (κ1) is 18.0. The zero-order chi connectivity index (χ0) is 19.6. The molecular weight excluding hydrogens is 350 g/mol. The van der Waals surface area contributed by atoms with Gasteiger partial charge in [0.1, 0.15) is 17.3 Å². The Morgan fingerprint density at radius 2 is 1.71 bits per heavy atom. The van der Waals surface area contributed by atoms with Crippen molar-refractivity contribution in [2.75, 3.05) is 11.9 Å². The second kappa shape index (κ2) is 7.32. The van der Waals surface area contributed by atoms with E-state index in [1.165, 1.54) is 0 Å². The van der Waals surface area contributed by atoms with Crippen molar-refractivity contribution in [3.8, 4) is 22.6 Å². The molecule has 2 heterocycles. The van der Waals surface area contributed by atoms with E-state index in [1.807, 2.05) is 80.7 Å². The molecule has 0 amide bonds. The zero-order valence-electron chi connectivity index (χ0n) is 16.0. The summed E-state index contributed by atoms with van der Waals surface area (Å²) < 4.78 is 7.66. The minimum atomic E-state index is -0.319. The van der Waals surface area contributed by atoms with E-state index in [2.05, 4.69) is 15.4 Å². The monoisotopic (exact) mass is 373 g/mol. The second-order valence-electron chi connectivity index (χ2n) is 7.41. The van der Waals surface area contributed by atoms with Crippen molar-refractivity contribution in [2.24, 2.45) is 5.73 Å². The van der Waals surface area contributed by atoms with Crippen LogP contribution < -0.4 is 15.8 Å². The average Bonchev–Trinajstić information content (AvgIpc) is 3.12. The van der Waals surface area contributed by atoms with Gasteiger partial charge in [-0.05, 0) is 49.7 Å². The lowest BCUT2D eigenvalue weighted by Crippen LogP contribution is -2.40.